The molecule has 96 valence electrons. The molecule has 0 atom stereocenters. The molecule has 0 aromatic heterocycles. The molecule has 3 rings (SSSR count). The second-order valence-corrected chi connectivity index (χ2v) is 5.43. The van der Waals surface area contributed by atoms with E-state index in [1.165, 1.54) is 0 Å². The molecule has 0 unspecified atom stereocenters. The van der Waals surface area contributed by atoms with Crippen molar-refractivity contribution in [3.63, 3.8) is 0 Å². The number of para-hydroxylation sites is 1. The molecule has 18 heavy (non-hydrogen) atoms. The van der Waals surface area contributed by atoms with Crippen molar-refractivity contribution in [3.05, 3.63) is 18.2 Å². The number of carbonyl (C=O) groups is 1. The van der Waals surface area contributed by atoms with Crippen LogP contribution in [0.25, 0.3) is 0 Å². The van der Waals surface area contributed by atoms with Gasteiger partial charge in [-0.2, -0.15) is 0 Å². The van der Waals surface area contributed by atoms with Gasteiger partial charge in [0.15, 0.2) is 0 Å². The number of amides is 1. The van der Waals surface area contributed by atoms with E-state index in [2.05, 4.69) is 10.6 Å². The molecule has 1 heterocycles. The van der Waals surface area contributed by atoms with Gasteiger partial charge in [-0.15, -0.1) is 0 Å². The first-order valence-corrected chi connectivity index (χ1v) is 6.46. The van der Waals surface area contributed by atoms with Crippen molar-refractivity contribution < 1.29 is 9.53 Å². The van der Waals surface area contributed by atoms with Crippen molar-refractivity contribution in [2.45, 2.75) is 32.8 Å². The molecular formula is C14H18N2O2. The number of hydrogen-bond donors (Lipinski definition) is 2. The van der Waals surface area contributed by atoms with Crippen molar-refractivity contribution in [3.8, 4) is 5.75 Å². The Balaban J connectivity index is 1.96. The van der Waals surface area contributed by atoms with Crippen molar-refractivity contribution in [1.82, 2.24) is 0 Å². The van der Waals surface area contributed by atoms with E-state index < -0.39 is 0 Å². The van der Waals surface area contributed by atoms with Gasteiger partial charge < -0.3 is 15.4 Å². The van der Waals surface area contributed by atoms with E-state index in [-0.39, 0.29) is 17.4 Å². The Morgan fingerprint density at radius 1 is 1.33 bits per heavy atom. The summed E-state index contributed by atoms with van der Waals surface area (Å²) in [5.74, 6) is 0.856. The van der Waals surface area contributed by atoms with E-state index >= 15 is 0 Å². The Hall–Kier alpha value is -1.71. The Morgan fingerprint density at radius 3 is 2.78 bits per heavy atom. The minimum atomic E-state index is -0.186. The van der Waals surface area contributed by atoms with Crippen LogP contribution in [0.5, 0.6) is 5.75 Å². The van der Waals surface area contributed by atoms with Gasteiger partial charge in [0.05, 0.1) is 17.2 Å². The lowest BCUT2D eigenvalue weighted by Crippen LogP contribution is -2.27. The van der Waals surface area contributed by atoms with Gasteiger partial charge in [-0.1, -0.05) is 6.07 Å². The fourth-order valence-corrected chi connectivity index (χ4v) is 2.31. The van der Waals surface area contributed by atoms with Crippen LogP contribution in [0.1, 0.15) is 26.7 Å². The molecule has 1 amide bonds. The highest BCUT2D eigenvalue weighted by Crippen LogP contribution is 2.49. The third-order valence-corrected chi connectivity index (χ3v) is 3.58. The molecule has 0 bridgehead atoms. The van der Waals surface area contributed by atoms with Crippen molar-refractivity contribution >= 4 is 17.3 Å². The minimum Gasteiger partial charge on any atom is -0.489 e. The third kappa shape index (κ3) is 1.82. The fourth-order valence-electron chi connectivity index (χ4n) is 2.31. The third-order valence-electron chi connectivity index (χ3n) is 3.58. The lowest BCUT2D eigenvalue weighted by molar-refractivity contribution is -0.120. The molecule has 2 N–H and O–H groups in total. The minimum absolute atomic E-state index is 0.0894. The van der Waals surface area contributed by atoms with Crippen LogP contribution in [0.2, 0.25) is 0 Å². The zero-order valence-electron chi connectivity index (χ0n) is 10.7. The molecule has 4 nitrogen and oxygen atoms in total. The van der Waals surface area contributed by atoms with Crippen molar-refractivity contribution in [2.24, 2.45) is 5.41 Å². The van der Waals surface area contributed by atoms with Gasteiger partial charge in [0.2, 0.25) is 5.91 Å². The van der Waals surface area contributed by atoms with Gasteiger partial charge >= 0.3 is 0 Å². The summed E-state index contributed by atoms with van der Waals surface area (Å²) in [4.78, 5) is 12.2. The zero-order valence-corrected chi connectivity index (χ0v) is 10.7. The highest BCUT2D eigenvalue weighted by Gasteiger charge is 2.51. The maximum Gasteiger partial charge on any atom is 0.232 e. The van der Waals surface area contributed by atoms with E-state index in [1.54, 1.807) is 0 Å². The molecule has 2 aliphatic rings. The van der Waals surface area contributed by atoms with Crippen LogP contribution in [-0.4, -0.2) is 18.6 Å². The van der Waals surface area contributed by atoms with Crippen molar-refractivity contribution in [2.75, 3.05) is 17.2 Å². The summed E-state index contributed by atoms with van der Waals surface area (Å²) in [6, 6.07) is 5.82. The molecule has 1 saturated carbocycles. The average molecular weight is 246 g/mol. The molecule has 4 heteroatoms. The molecule has 1 spiro atoms. The molecular weight excluding hydrogens is 228 g/mol. The van der Waals surface area contributed by atoms with Crippen LogP contribution >= 0.6 is 0 Å². The van der Waals surface area contributed by atoms with Gasteiger partial charge in [0, 0.05) is 6.54 Å². The van der Waals surface area contributed by atoms with Gasteiger partial charge in [-0.25, -0.2) is 0 Å². The predicted octanol–water partition coefficient (Wildman–Crippen LogP) is 2.62. The van der Waals surface area contributed by atoms with Crippen molar-refractivity contribution in [1.29, 1.82) is 0 Å². The first-order valence-electron chi connectivity index (χ1n) is 6.46. The largest absolute Gasteiger partial charge is 0.489 e. The summed E-state index contributed by atoms with van der Waals surface area (Å²) < 4.78 is 5.75. The monoisotopic (exact) mass is 246 g/mol. The van der Waals surface area contributed by atoms with Crippen LogP contribution in [0.4, 0.5) is 11.4 Å². The SMILES string of the molecule is CC(C)Oc1cccc2c1NC(=O)C1(CC1)CN2. The lowest BCUT2D eigenvalue weighted by atomic mass is 10.1. The zero-order chi connectivity index (χ0) is 12.8. The molecule has 1 aliphatic heterocycles. The van der Waals surface area contributed by atoms with E-state index in [4.69, 9.17) is 4.74 Å². The fraction of sp³-hybridized carbons (Fsp3) is 0.500. The molecule has 0 radical (unpaired) electrons. The number of nitrogens with one attached hydrogen (secondary N) is 2. The molecule has 1 fully saturated rings. The van der Waals surface area contributed by atoms with Gasteiger partial charge in [0.1, 0.15) is 11.4 Å². The Bertz CT molecular complexity index is 493. The normalized spacial score (nSPS) is 19.8. The highest BCUT2D eigenvalue weighted by atomic mass is 16.5. The highest BCUT2D eigenvalue weighted by molar-refractivity contribution is 6.03. The summed E-state index contributed by atoms with van der Waals surface area (Å²) >= 11 is 0. The van der Waals surface area contributed by atoms with Crippen LogP contribution in [0.15, 0.2) is 18.2 Å². The Kier molecular flexibility index (Phi) is 2.47. The maximum absolute atomic E-state index is 12.2. The van der Waals surface area contributed by atoms with Gasteiger partial charge in [-0.3, -0.25) is 4.79 Å². The summed E-state index contributed by atoms with van der Waals surface area (Å²) in [6.07, 6.45) is 2.03. The van der Waals surface area contributed by atoms with E-state index in [0.717, 1.165) is 36.5 Å². The van der Waals surface area contributed by atoms with Crippen LogP contribution in [0, 0.1) is 5.41 Å². The number of ether oxygens (including phenoxy) is 1. The smallest absolute Gasteiger partial charge is 0.232 e. The Morgan fingerprint density at radius 2 is 2.11 bits per heavy atom. The molecule has 1 aromatic rings. The maximum atomic E-state index is 12.2. The lowest BCUT2D eigenvalue weighted by Gasteiger charge is -2.16. The van der Waals surface area contributed by atoms with Gasteiger partial charge in [-0.05, 0) is 38.8 Å². The first-order chi connectivity index (χ1) is 8.61. The van der Waals surface area contributed by atoms with Crippen LogP contribution in [-0.2, 0) is 4.79 Å². The molecule has 0 saturated heterocycles. The van der Waals surface area contributed by atoms with Crippen LogP contribution < -0.4 is 15.4 Å². The predicted molar refractivity (Wildman–Crippen MR) is 71.0 cm³/mol. The quantitative estimate of drug-likeness (QED) is 0.843. The van der Waals surface area contributed by atoms with E-state index in [9.17, 15) is 4.79 Å². The second-order valence-electron chi connectivity index (χ2n) is 5.43. The second kappa shape index (κ2) is 3.90. The number of anilines is 2. The molecule has 1 aromatic carbocycles. The summed E-state index contributed by atoms with van der Waals surface area (Å²) in [6.45, 7) is 4.68. The van der Waals surface area contributed by atoms with E-state index in [0.29, 0.717) is 0 Å². The Labute approximate surface area is 107 Å². The number of hydrogen-bond acceptors (Lipinski definition) is 3. The number of fused-ring (bicyclic) bond motifs is 1. The van der Waals surface area contributed by atoms with Gasteiger partial charge in [0.25, 0.3) is 0 Å². The number of benzene rings is 1. The summed E-state index contributed by atoms with van der Waals surface area (Å²) in [5, 5.41) is 6.38. The standard InChI is InChI=1S/C14H18N2O2/c1-9(2)18-11-5-3-4-10-12(11)16-13(17)14(6-7-14)8-15-10/h3-5,9,15H,6-8H2,1-2H3,(H,16,17). The average Bonchev–Trinajstić information content (AvgIpc) is 3.10. The summed E-state index contributed by atoms with van der Waals surface area (Å²) in [7, 11) is 0. The number of carbonyl (C=O) groups excluding carboxylic acids is 1. The van der Waals surface area contributed by atoms with Crippen LogP contribution in [0.3, 0.4) is 0 Å². The first kappa shape index (κ1) is 11.4. The summed E-state index contributed by atoms with van der Waals surface area (Å²) in [5.41, 5.74) is 1.54. The topological polar surface area (TPSA) is 50.4 Å². The van der Waals surface area contributed by atoms with E-state index in [1.807, 2.05) is 32.0 Å². The number of rotatable bonds is 2. The molecule has 1 aliphatic carbocycles.